The second-order valence-corrected chi connectivity index (χ2v) is 10.1. The van der Waals surface area contributed by atoms with E-state index in [0.29, 0.717) is 24.3 Å². The fourth-order valence-corrected chi connectivity index (χ4v) is 5.17. The van der Waals surface area contributed by atoms with Crippen molar-refractivity contribution in [2.75, 3.05) is 16.8 Å². The molecule has 2 aliphatic rings. The fourth-order valence-electron chi connectivity index (χ4n) is 5.17. The van der Waals surface area contributed by atoms with Crippen LogP contribution in [0.15, 0.2) is 96.2 Å². The number of nitrogens with one attached hydrogen (secondary N) is 1. The third-order valence-electron chi connectivity index (χ3n) is 7.62. The Labute approximate surface area is 225 Å². The molecule has 2 atom stereocenters. The Balaban J connectivity index is 1.39. The Morgan fingerprint density at radius 3 is 2.51 bits per heavy atom. The van der Waals surface area contributed by atoms with Crippen molar-refractivity contribution in [1.29, 1.82) is 0 Å². The molecule has 39 heavy (non-hydrogen) atoms. The molecule has 3 aromatic rings. The predicted molar refractivity (Wildman–Crippen MR) is 144 cm³/mol. The zero-order valence-corrected chi connectivity index (χ0v) is 21.6. The normalized spacial score (nSPS) is 20.6. The fraction of sp³-hybridized carbons (Fsp3) is 0.258. The highest BCUT2D eigenvalue weighted by Gasteiger charge is 2.53. The highest BCUT2D eigenvalue weighted by atomic mass is 19.4. The summed E-state index contributed by atoms with van der Waals surface area (Å²) in [6.07, 6.45) is 0.467. The van der Waals surface area contributed by atoms with Crippen LogP contribution in [0.5, 0.6) is 0 Å². The largest absolute Gasteiger partial charge is 0.401 e. The van der Waals surface area contributed by atoms with Gasteiger partial charge in [0.1, 0.15) is 5.41 Å². The Bertz CT molecular complexity index is 1470. The summed E-state index contributed by atoms with van der Waals surface area (Å²) in [5.74, 6) is -1.28. The van der Waals surface area contributed by atoms with Crippen LogP contribution in [0.25, 0.3) is 0 Å². The molecule has 0 spiro atoms. The SMILES string of the molecule is CC1=CC(c2ccccc2)C(C(=O)Nc2ccc3c(c2)CCN3C(=O)Cc2ccccn2)=CC1(C)C(F)(F)F. The van der Waals surface area contributed by atoms with Crippen LogP contribution in [0.1, 0.15) is 36.6 Å². The summed E-state index contributed by atoms with van der Waals surface area (Å²) in [6, 6.07) is 19.7. The maximum Gasteiger partial charge on any atom is 0.401 e. The summed E-state index contributed by atoms with van der Waals surface area (Å²) < 4.78 is 42.3. The van der Waals surface area contributed by atoms with Crippen LogP contribution in [0.4, 0.5) is 24.5 Å². The van der Waals surface area contributed by atoms with Gasteiger partial charge < -0.3 is 10.2 Å². The smallest absolute Gasteiger partial charge is 0.322 e. The molecule has 2 heterocycles. The summed E-state index contributed by atoms with van der Waals surface area (Å²) >= 11 is 0. The standard InChI is InChI=1S/C31H28F3N3O2/c1-20-16-25(21-8-4-3-5-9-21)26(19-30(20,2)31(32,33)34)29(39)36-24-11-12-27-22(17-24)13-15-37(27)28(38)18-23-10-6-7-14-35-23/h3-12,14,16-17,19,25H,13,15,18H2,1-2H3,(H,36,39). The number of fused-ring (bicyclic) bond motifs is 1. The van der Waals surface area contributed by atoms with Gasteiger partial charge in [-0.3, -0.25) is 14.6 Å². The molecule has 5 rings (SSSR count). The van der Waals surface area contributed by atoms with Crippen molar-refractivity contribution in [3.8, 4) is 0 Å². The van der Waals surface area contributed by atoms with Crippen LogP contribution in [0, 0.1) is 5.41 Å². The second kappa shape index (κ2) is 10.2. The van der Waals surface area contributed by atoms with E-state index in [4.69, 9.17) is 0 Å². The first kappa shape index (κ1) is 26.4. The lowest BCUT2D eigenvalue weighted by molar-refractivity contribution is -0.187. The number of nitrogens with zero attached hydrogens (tertiary/aromatic N) is 2. The summed E-state index contributed by atoms with van der Waals surface area (Å²) in [4.78, 5) is 32.3. The first-order valence-corrected chi connectivity index (χ1v) is 12.7. The van der Waals surface area contributed by atoms with Crippen LogP contribution in [0.2, 0.25) is 0 Å². The average molecular weight is 532 g/mol. The first-order valence-electron chi connectivity index (χ1n) is 12.7. The van der Waals surface area contributed by atoms with Gasteiger partial charge in [-0.25, -0.2) is 0 Å². The number of carbonyl (C=O) groups excluding carboxylic acids is 2. The summed E-state index contributed by atoms with van der Waals surface area (Å²) in [5, 5.41) is 2.81. The van der Waals surface area contributed by atoms with Gasteiger partial charge in [-0.05, 0) is 61.7 Å². The molecule has 2 amide bonds. The highest BCUT2D eigenvalue weighted by molar-refractivity contribution is 6.06. The number of carbonyl (C=O) groups is 2. The lowest BCUT2D eigenvalue weighted by atomic mass is 9.71. The van der Waals surface area contributed by atoms with Crippen LogP contribution < -0.4 is 10.2 Å². The molecule has 200 valence electrons. The monoisotopic (exact) mass is 531 g/mol. The molecule has 1 aliphatic heterocycles. The maximum atomic E-state index is 14.1. The van der Waals surface area contributed by atoms with Crippen molar-refractivity contribution in [2.45, 2.75) is 38.8 Å². The molecule has 8 heteroatoms. The van der Waals surface area contributed by atoms with Gasteiger partial charge in [0.2, 0.25) is 5.91 Å². The summed E-state index contributed by atoms with van der Waals surface area (Å²) in [7, 11) is 0. The van der Waals surface area contributed by atoms with Gasteiger partial charge in [-0.1, -0.05) is 54.1 Å². The zero-order valence-electron chi connectivity index (χ0n) is 21.6. The average Bonchev–Trinajstić information content (AvgIpc) is 3.34. The van der Waals surface area contributed by atoms with E-state index in [-0.39, 0.29) is 23.5 Å². The van der Waals surface area contributed by atoms with E-state index in [0.717, 1.165) is 29.8 Å². The number of hydrogen-bond donors (Lipinski definition) is 1. The Kier molecular flexibility index (Phi) is 6.89. The van der Waals surface area contributed by atoms with Gasteiger partial charge in [0.05, 0.1) is 6.42 Å². The molecule has 0 saturated heterocycles. The van der Waals surface area contributed by atoms with E-state index >= 15 is 0 Å². The summed E-state index contributed by atoms with van der Waals surface area (Å²) in [6.45, 7) is 3.06. The highest BCUT2D eigenvalue weighted by Crippen LogP contribution is 2.50. The molecule has 1 aromatic heterocycles. The minimum atomic E-state index is -4.56. The van der Waals surface area contributed by atoms with Crippen LogP contribution in [-0.2, 0) is 22.4 Å². The maximum absolute atomic E-state index is 14.1. The molecule has 5 nitrogen and oxygen atoms in total. The van der Waals surface area contributed by atoms with Gasteiger partial charge in [0.15, 0.2) is 0 Å². The molecule has 1 aliphatic carbocycles. The Morgan fingerprint density at radius 2 is 1.82 bits per heavy atom. The number of alkyl halides is 3. The van der Waals surface area contributed by atoms with Crippen LogP contribution >= 0.6 is 0 Å². The third-order valence-corrected chi connectivity index (χ3v) is 7.62. The number of benzene rings is 2. The number of rotatable bonds is 5. The van der Waals surface area contributed by atoms with Crippen molar-refractivity contribution in [1.82, 2.24) is 4.98 Å². The lowest BCUT2D eigenvalue weighted by Crippen LogP contribution is -2.38. The van der Waals surface area contributed by atoms with E-state index < -0.39 is 23.4 Å². The molecule has 0 saturated carbocycles. The molecule has 0 fully saturated rings. The number of halogens is 3. The zero-order chi connectivity index (χ0) is 27.8. The summed E-state index contributed by atoms with van der Waals surface area (Å²) in [5.41, 5.74) is 1.46. The van der Waals surface area contributed by atoms with Crippen molar-refractivity contribution in [3.05, 3.63) is 113 Å². The molecule has 2 aromatic carbocycles. The lowest BCUT2D eigenvalue weighted by Gasteiger charge is -2.36. The Morgan fingerprint density at radius 1 is 1.08 bits per heavy atom. The minimum absolute atomic E-state index is 0.0410. The van der Waals surface area contributed by atoms with Gasteiger partial charge in [-0.2, -0.15) is 13.2 Å². The molecule has 0 radical (unpaired) electrons. The van der Waals surface area contributed by atoms with E-state index in [1.807, 2.05) is 12.1 Å². The number of hydrogen-bond acceptors (Lipinski definition) is 3. The first-order chi connectivity index (χ1) is 18.6. The minimum Gasteiger partial charge on any atom is -0.322 e. The van der Waals surface area contributed by atoms with E-state index in [9.17, 15) is 22.8 Å². The molecule has 0 bridgehead atoms. The topological polar surface area (TPSA) is 62.3 Å². The van der Waals surface area contributed by atoms with E-state index in [2.05, 4.69) is 10.3 Å². The number of pyridine rings is 1. The van der Waals surface area contributed by atoms with Crippen molar-refractivity contribution in [3.63, 3.8) is 0 Å². The van der Waals surface area contributed by atoms with Crippen LogP contribution in [0.3, 0.4) is 0 Å². The quantitative estimate of drug-likeness (QED) is 0.388. The number of aromatic nitrogens is 1. The third kappa shape index (κ3) is 5.11. The van der Waals surface area contributed by atoms with Gasteiger partial charge in [-0.15, -0.1) is 0 Å². The number of amides is 2. The molecular weight excluding hydrogens is 503 g/mol. The number of allylic oxidation sites excluding steroid dienone is 3. The van der Waals surface area contributed by atoms with Crippen molar-refractivity contribution in [2.24, 2.45) is 5.41 Å². The van der Waals surface area contributed by atoms with Gasteiger partial charge in [0.25, 0.3) is 5.91 Å². The van der Waals surface area contributed by atoms with E-state index in [1.165, 1.54) is 13.0 Å². The van der Waals surface area contributed by atoms with Gasteiger partial charge in [0, 0.05) is 41.3 Å². The van der Waals surface area contributed by atoms with Crippen molar-refractivity contribution >= 4 is 23.2 Å². The number of anilines is 2. The van der Waals surface area contributed by atoms with Crippen LogP contribution in [-0.4, -0.2) is 29.5 Å². The van der Waals surface area contributed by atoms with Crippen molar-refractivity contribution < 1.29 is 22.8 Å². The molecular formula is C31H28F3N3O2. The van der Waals surface area contributed by atoms with Gasteiger partial charge >= 0.3 is 6.18 Å². The molecule has 1 N–H and O–H groups in total. The Hall–Kier alpha value is -4.20. The predicted octanol–water partition coefficient (Wildman–Crippen LogP) is 6.39. The second-order valence-electron chi connectivity index (χ2n) is 10.1. The van der Waals surface area contributed by atoms with E-state index in [1.54, 1.807) is 65.7 Å². The molecule has 2 unspecified atom stereocenters.